The van der Waals surface area contributed by atoms with Crippen LogP contribution in [0.5, 0.6) is 0 Å². The van der Waals surface area contributed by atoms with Crippen LogP contribution in [0.25, 0.3) is 0 Å². The molecule has 0 atom stereocenters. The van der Waals surface area contributed by atoms with Crippen molar-refractivity contribution in [2.24, 2.45) is 0 Å². The largest absolute Gasteiger partial charge is 0.396 e. The van der Waals surface area contributed by atoms with Crippen molar-refractivity contribution in [3.8, 4) is 11.8 Å². The summed E-state index contributed by atoms with van der Waals surface area (Å²) < 4.78 is 1.18. The average Bonchev–Trinajstić information content (AvgIpc) is 2.15. The molecule has 0 heterocycles. The van der Waals surface area contributed by atoms with Crippen molar-refractivity contribution in [3.63, 3.8) is 0 Å². The quantitative estimate of drug-likeness (QED) is 0.503. The molecule has 0 aromatic heterocycles. The van der Waals surface area contributed by atoms with Crippen LogP contribution in [0, 0.1) is 15.4 Å². The van der Waals surface area contributed by atoms with Crippen molar-refractivity contribution in [1.82, 2.24) is 0 Å². The number of rotatable bonds is 2. The molecule has 0 aliphatic heterocycles. The maximum Gasteiger partial charge on any atom is 0.0440 e. The lowest BCUT2D eigenvalue weighted by Gasteiger charge is -1.92. The summed E-state index contributed by atoms with van der Waals surface area (Å²) in [6, 6.07) is 8.03. The number of aliphatic hydroxyl groups is 1. The number of unbranched alkanes of at least 4 members (excludes halogenated alkanes) is 1. The van der Waals surface area contributed by atoms with Crippen molar-refractivity contribution in [1.29, 1.82) is 0 Å². The first-order valence-electron chi connectivity index (χ1n) is 4.19. The lowest BCUT2D eigenvalue weighted by Crippen LogP contribution is -1.81. The van der Waals surface area contributed by atoms with Crippen molar-refractivity contribution in [2.75, 3.05) is 6.61 Å². The Kier molecular flexibility index (Phi) is 4.87. The Morgan fingerprint density at radius 3 is 2.77 bits per heavy atom. The predicted octanol–water partition coefficient (Wildman–Crippen LogP) is 2.42. The van der Waals surface area contributed by atoms with Crippen LogP contribution < -0.4 is 0 Å². The number of benzene rings is 1. The third kappa shape index (κ3) is 3.79. The fourth-order valence-electron chi connectivity index (χ4n) is 0.888. The van der Waals surface area contributed by atoms with Crippen LogP contribution in [-0.4, -0.2) is 11.7 Å². The lowest BCUT2D eigenvalue weighted by molar-refractivity contribution is 0.290. The molecular weight excluding hydrogens is 275 g/mol. The van der Waals surface area contributed by atoms with Crippen LogP contribution in [0.3, 0.4) is 0 Å². The van der Waals surface area contributed by atoms with Crippen LogP contribution in [0.1, 0.15) is 18.4 Å². The number of aliphatic hydroxyl groups excluding tert-OH is 1. The minimum absolute atomic E-state index is 0.223. The molecule has 1 N–H and O–H groups in total. The van der Waals surface area contributed by atoms with E-state index in [1.807, 2.05) is 24.3 Å². The Hall–Kier alpha value is -0.530. The number of hydrogen-bond acceptors (Lipinski definition) is 1. The third-order valence-corrected chi connectivity index (χ3v) is 2.50. The lowest BCUT2D eigenvalue weighted by atomic mass is 10.2. The highest BCUT2D eigenvalue weighted by Crippen LogP contribution is 2.09. The Balaban J connectivity index is 2.61. The number of halogens is 1. The monoisotopic (exact) mass is 286 g/mol. The summed E-state index contributed by atoms with van der Waals surface area (Å²) in [6.07, 6.45) is 1.53. The first-order valence-corrected chi connectivity index (χ1v) is 5.26. The van der Waals surface area contributed by atoms with E-state index < -0.39 is 0 Å². The molecule has 13 heavy (non-hydrogen) atoms. The molecule has 0 amide bonds. The van der Waals surface area contributed by atoms with E-state index in [9.17, 15) is 0 Å². The molecule has 2 heteroatoms. The van der Waals surface area contributed by atoms with Crippen LogP contribution in [0.4, 0.5) is 0 Å². The van der Waals surface area contributed by atoms with Crippen LogP contribution >= 0.6 is 22.6 Å². The van der Waals surface area contributed by atoms with E-state index in [1.54, 1.807) is 0 Å². The zero-order valence-electron chi connectivity index (χ0n) is 7.26. The molecule has 1 aromatic carbocycles. The zero-order chi connectivity index (χ0) is 9.52. The van der Waals surface area contributed by atoms with Crippen molar-refractivity contribution in [3.05, 3.63) is 33.4 Å². The van der Waals surface area contributed by atoms with Gasteiger partial charge in [0.05, 0.1) is 0 Å². The van der Waals surface area contributed by atoms with Gasteiger partial charge in [-0.05, 0) is 41.1 Å². The highest BCUT2D eigenvalue weighted by Gasteiger charge is 1.91. The molecule has 1 aromatic rings. The van der Waals surface area contributed by atoms with Crippen LogP contribution in [0.15, 0.2) is 24.3 Å². The van der Waals surface area contributed by atoms with Gasteiger partial charge in [0, 0.05) is 22.2 Å². The van der Waals surface area contributed by atoms with Crippen LogP contribution in [-0.2, 0) is 0 Å². The maximum absolute atomic E-state index is 8.55. The Morgan fingerprint density at radius 2 is 2.08 bits per heavy atom. The number of hydrogen-bond donors (Lipinski definition) is 1. The second-order valence-electron chi connectivity index (χ2n) is 2.61. The van der Waals surface area contributed by atoms with Crippen LogP contribution in [0.2, 0.25) is 0 Å². The Morgan fingerprint density at radius 1 is 1.31 bits per heavy atom. The summed E-state index contributed by atoms with van der Waals surface area (Å²) >= 11 is 2.27. The first-order chi connectivity index (χ1) is 6.34. The van der Waals surface area contributed by atoms with Gasteiger partial charge in [-0.1, -0.05) is 24.0 Å². The first kappa shape index (κ1) is 10.6. The summed E-state index contributed by atoms with van der Waals surface area (Å²) in [4.78, 5) is 0. The minimum Gasteiger partial charge on any atom is -0.396 e. The fraction of sp³-hybridized carbons (Fsp3) is 0.273. The summed E-state index contributed by atoms with van der Waals surface area (Å²) in [7, 11) is 0. The van der Waals surface area contributed by atoms with Gasteiger partial charge in [0.25, 0.3) is 0 Å². The molecule has 0 bridgehead atoms. The highest BCUT2D eigenvalue weighted by atomic mass is 127. The van der Waals surface area contributed by atoms with Gasteiger partial charge >= 0.3 is 0 Å². The molecule has 68 valence electrons. The molecule has 0 saturated heterocycles. The summed E-state index contributed by atoms with van der Waals surface area (Å²) in [5.74, 6) is 6.11. The predicted molar refractivity (Wildman–Crippen MR) is 62.4 cm³/mol. The summed E-state index contributed by atoms with van der Waals surface area (Å²) in [5, 5.41) is 8.55. The van der Waals surface area contributed by atoms with E-state index in [0.29, 0.717) is 0 Å². The zero-order valence-corrected chi connectivity index (χ0v) is 9.41. The van der Waals surface area contributed by atoms with E-state index in [4.69, 9.17) is 5.11 Å². The van der Waals surface area contributed by atoms with E-state index >= 15 is 0 Å². The second kappa shape index (κ2) is 6.01. The van der Waals surface area contributed by atoms with E-state index in [-0.39, 0.29) is 6.61 Å². The Labute approximate surface area is 92.3 Å². The minimum atomic E-state index is 0.223. The van der Waals surface area contributed by atoms with Crippen molar-refractivity contribution >= 4 is 22.6 Å². The topological polar surface area (TPSA) is 20.2 Å². The van der Waals surface area contributed by atoms with Gasteiger partial charge in [0.1, 0.15) is 0 Å². The normalized spacial score (nSPS) is 9.08. The molecular formula is C11H11IO. The summed E-state index contributed by atoms with van der Waals surface area (Å²) in [5.41, 5.74) is 1.07. The van der Waals surface area contributed by atoms with Gasteiger partial charge in [0.15, 0.2) is 0 Å². The molecule has 0 aliphatic rings. The molecule has 0 aliphatic carbocycles. The third-order valence-electron chi connectivity index (χ3n) is 1.56. The SMILES string of the molecule is OCCCC#Cc1ccccc1I. The molecule has 0 saturated carbocycles. The van der Waals surface area contributed by atoms with E-state index in [2.05, 4.69) is 34.4 Å². The molecule has 0 spiro atoms. The highest BCUT2D eigenvalue weighted by molar-refractivity contribution is 14.1. The van der Waals surface area contributed by atoms with E-state index in [0.717, 1.165) is 18.4 Å². The van der Waals surface area contributed by atoms with Gasteiger partial charge in [-0.25, -0.2) is 0 Å². The van der Waals surface area contributed by atoms with Gasteiger partial charge in [0.2, 0.25) is 0 Å². The Bertz CT molecular complexity index is 322. The van der Waals surface area contributed by atoms with Gasteiger partial charge in [-0.2, -0.15) is 0 Å². The molecule has 0 fully saturated rings. The van der Waals surface area contributed by atoms with Gasteiger partial charge < -0.3 is 5.11 Å². The van der Waals surface area contributed by atoms with Gasteiger partial charge in [-0.3, -0.25) is 0 Å². The summed E-state index contributed by atoms with van der Waals surface area (Å²) in [6.45, 7) is 0.223. The van der Waals surface area contributed by atoms with E-state index in [1.165, 1.54) is 3.57 Å². The average molecular weight is 286 g/mol. The molecule has 0 unspecified atom stereocenters. The molecule has 1 rings (SSSR count). The van der Waals surface area contributed by atoms with Gasteiger partial charge in [-0.15, -0.1) is 0 Å². The fourth-order valence-corrected chi connectivity index (χ4v) is 1.41. The second-order valence-corrected chi connectivity index (χ2v) is 3.77. The molecule has 1 nitrogen and oxygen atoms in total. The maximum atomic E-state index is 8.55. The smallest absolute Gasteiger partial charge is 0.0440 e. The standard InChI is InChI=1S/C11H11IO/c12-11-8-4-3-7-10(11)6-2-1-5-9-13/h3-4,7-8,13H,1,5,9H2. The van der Waals surface area contributed by atoms with Crippen molar-refractivity contribution in [2.45, 2.75) is 12.8 Å². The molecule has 0 radical (unpaired) electrons. The van der Waals surface area contributed by atoms with Crippen molar-refractivity contribution < 1.29 is 5.11 Å².